The Kier molecular flexibility index (Phi) is 14.9. The quantitative estimate of drug-likeness (QED) is 0.0341. The minimum absolute atomic E-state index is 0.449. The molecule has 17 N–H and O–H groups in total. The van der Waals surface area contributed by atoms with Crippen molar-refractivity contribution in [2.24, 2.45) is 0 Å². The molecule has 7 rings (SSSR count). The highest BCUT2D eigenvalue weighted by molar-refractivity contribution is 5.96. The number of hydrogen-bond acceptors (Lipinski definition) is 30. The van der Waals surface area contributed by atoms with Gasteiger partial charge in [0.2, 0.25) is 18.1 Å². The zero-order valence-corrected chi connectivity index (χ0v) is 38.4. The minimum Gasteiger partial charge on any atom is -0.504 e. The van der Waals surface area contributed by atoms with E-state index in [2.05, 4.69) is 0 Å². The molecule has 0 spiro atoms. The van der Waals surface area contributed by atoms with E-state index < -0.39 is 210 Å². The Morgan fingerprint density at radius 1 is 0.321 bits per heavy atom. The largest absolute Gasteiger partial charge is 0.504 e. The molecule has 1 fully saturated rings. The molecule has 408 valence electrons. The fourth-order valence-electron chi connectivity index (χ4n) is 7.08. The lowest BCUT2D eigenvalue weighted by Crippen LogP contribution is -2.63. The Bertz CT molecular complexity index is 3320. The van der Waals surface area contributed by atoms with E-state index >= 15 is 0 Å². The van der Waals surface area contributed by atoms with E-state index in [1.165, 1.54) is 0 Å². The maximum absolute atomic E-state index is 14.4. The summed E-state index contributed by atoms with van der Waals surface area (Å²) in [6.07, 6.45) is -12.8. The van der Waals surface area contributed by atoms with Gasteiger partial charge in [0.25, 0.3) is 0 Å². The molecule has 0 amide bonds. The van der Waals surface area contributed by atoms with E-state index in [1.54, 1.807) is 0 Å². The van der Waals surface area contributed by atoms with Crippen molar-refractivity contribution in [2.75, 3.05) is 6.61 Å². The first-order valence-electron chi connectivity index (χ1n) is 21.3. The van der Waals surface area contributed by atoms with Gasteiger partial charge in [0, 0.05) is 0 Å². The number of rotatable bonds is 13. The molecule has 1 aliphatic heterocycles. The monoisotopic (exact) mass is 1090 g/mol. The van der Waals surface area contributed by atoms with Crippen molar-refractivity contribution in [1.82, 2.24) is 0 Å². The van der Waals surface area contributed by atoms with Gasteiger partial charge in [-0.05, 0) is 72.8 Å². The van der Waals surface area contributed by atoms with Gasteiger partial charge in [-0.3, -0.25) is 0 Å². The normalized spacial score (nSPS) is 16.7. The van der Waals surface area contributed by atoms with Crippen LogP contribution in [0.1, 0.15) is 62.1 Å². The summed E-state index contributed by atoms with van der Waals surface area (Å²) < 4.78 is 38.4. The van der Waals surface area contributed by atoms with Gasteiger partial charge < -0.3 is 120 Å². The first-order chi connectivity index (χ1) is 36.6. The summed E-state index contributed by atoms with van der Waals surface area (Å²) in [6, 6.07) is 6.37. The van der Waals surface area contributed by atoms with Crippen LogP contribution < -0.4 is 4.74 Å². The van der Waals surface area contributed by atoms with Gasteiger partial charge in [0.15, 0.2) is 110 Å². The Balaban J connectivity index is 1.37. The summed E-state index contributed by atoms with van der Waals surface area (Å²) in [7, 11) is 0. The zero-order valence-electron chi connectivity index (χ0n) is 38.4. The first kappa shape index (κ1) is 54.5. The van der Waals surface area contributed by atoms with Gasteiger partial charge in [0.05, 0.1) is 33.4 Å². The predicted octanol–water partition coefficient (Wildman–Crippen LogP) is 2.32. The number of esters is 6. The molecule has 1 saturated heterocycles. The lowest BCUT2D eigenvalue weighted by molar-refractivity contribution is -0.282. The van der Waals surface area contributed by atoms with Gasteiger partial charge >= 0.3 is 35.8 Å². The van der Waals surface area contributed by atoms with Crippen LogP contribution in [-0.2, 0) is 28.4 Å². The van der Waals surface area contributed by atoms with Crippen LogP contribution in [0.25, 0.3) is 0 Å². The molecule has 6 aromatic carbocycles. The summed E-state index contributed by atoms with van der Waals surface area (Å²) in [5.41, 5.74) is -4.90. The van der Waals surface area contributed by atoms with E-state index in [9.17, 15) is 116 Å². The fourth-order valence-corrected chi connectivity index (χ4v) is 7.08. The van der Waals surface area contributed by atoms with Crippen LogP contribution in [0, 0.1) is 0 Å². The van der Waals surface area contributed by atoms with Crippen molar-refractivity contribution in [2.45, 2.75) is 30.7 Å². The average Bonchev–Trinajstić information content (AvgIpc) is 3.40. The van der Waals surface area contributed by atoms with E-state index in [0.717, 1.165) is 0 Å². The number of ether oxygens (including phenoxy) is 7. The van der Waals surface area contributed by atoms with Crippen LogP contribution in [0.3, 0.4) is 0 Å². The lowest BCUT2D eigenvalue weighted by Gasteiger charge is -2.43. The van der Waals surface area contributed by atoms with E-state index in [-0.39, 0.29) is 0 Å². The van der Waals surface area contributed by atoms with Crippen LogP contribution in [0.2, 0.25) is 0 Å². The molecule has 0 aliphatic carbocycles. The number of hydrogen-bond donors (Lipinski definition) is 17. The van der Waals surface area contributed by atoms with Crippen molar-refractivity contribution in [3.05, 3.63) is 106 Å². The molecule has 6 aromatic rings. The third-order valence-corrected chi connectivity index (χ3v) is 10.9. The molecule has 0 saturated carbocycles. The molecule has 1 heterocycles. The molecular formula is C48H36O30. The minimum atomic E-state index is -2.65. The summed E-state index contributed by atoms with van der Waals surface area (Å²) in [5, 5.41) is 172. The van der Waals surface area contributed by atoms with Crippen molar-refractivity contribution < 1.29 is 149 Å². The molecule has 5 unspecified atom stereocenters. The molecule has 0 radical (unpaired) electrons. The van der Waals surface area contributed by atoms with E-state index in [1.807, 2.05) is 0 Å². The molecular weight excluding hydrogens is 1060 g/mol. The third kappa shape index (κ3) is 11.1. The Morgan fingerprint density at radius 2 is 0.577 bits per heavy atom. The highest BCUT2D eigenvalue weighted by Gasteiger charge is 2.55. The second-order valence-electron chi connectivity index (χ2n) is 16.2. The Labute approximate surface area is 430 Å². The van der Waals surface area contributed by atoms with Crippen molar-refractivity contribution in [3.63, 3.8) is 0 Å². The molecule has 1 aliphatic rings. The standard InChI is InChI=1S/C48H36O30/c49-20-1-14(2-21(50)33(20)61)42(66)72-13-32-39(75-44(68)16-5-24(53)35(63)25(54)6-16)40(76-45(69)19-11-30(59)38(31(60)12-19)74-43(67)15-3-22(51)34(62)23(52)4-15)41(77-46(70)17-7-26(55)36(64)27(56)8-17)48(73-32)78-47(71)18-9-28(57)37(65)29(58)10-18/h1-12,32,39-41,48-65H,13H2. The molecule has 78 heavy (non-hydrogen) atoms. The van der Waals surface area contributed by atoms with Crippen LogP contribution >= 0.6 is 0 Å². The maximum Gasteiger partial charge on any atom is 0.344 e. The van der Waals surface area contributed by atoms with Crippen LogP contribution in [-0.4, -0.2) is 160 Å². The second kappa shape index (κ2) is 21.3. The number of benzene rings is 6. The summed E-state index contributed by atoms with van der Waals surface area (Å²) in [6.45, 7) is -1.33. The predicted molar refractivity (Wildman–Crippen MR) is 244 cm³/mol. The lowest BCUT2D eigenvalue weighted by atomic mass is 9.97. The molecule has 30 nitrogen and oxygen atoms in total. The Hall–Kier alpha value is -11.3. The highest BCUT2D eigenvalue weighted by Crippen LogP contribution is 2.43. The Morgan fingerprint density at radius 3 is 0.910 bits per heavy atom. The summed E-state index contributed by atoms with van der Waals surface area (Å²) in [4.78, 5) is 82.5. The van der Waals surface area contributed by atoms with Gasteiger partial charge in [-0.2, -0.15) is 0 Å². The van der Waals surface area contributed by atoms with Gasteiger partial charge in [-0.25, -0.2) is 28.8 Å². The van der Waals surface area contributed by atoms with Crippen molar-refractivity contribution in [3.8, 4) is 103 Å². The van der Waals surface area contributed by atoms with Crippen LogP contribution in [0.15, 0.2) is 72.8 Å². The number of phenolic OH excluding ortho intramolecular Hbond substituents is 17. The molecule has 30 heteroatoms. The smallest absolute Gasteiger partial charge is 0.344 e. The fraction of sp³-hybridized carbons (Fsp3) is 0.125. The van der Waals surface area contributed by atoms with Crippen LogP contribution in [0.4, 0.5) is 0 Å². The highest BCUT2D eigenvalue weighted by atomic mass is 16.7. The summed E-state index contributed by atoms with van der Waals surface area (Å²) >= 11 is 0. The zero-order chi connectivity index (χ0) is 57.3. The van der Waals surface area contributed by atoms with E-state index in [0.29, 0.717) is 72.8 Å². The van der Waals surface area contributed by atoms with Crippen molar-refractivity contribution >= 4 is 35.8 Å². The molecule has 0 aromatic heterocycles. The van der Waals surface area contributed by atoms with Crippen molar-refractivity contribution in [1.29, 1.82) is 0 Å². The SMILES string of the molecule is O=C(OCC1OC(OC(=O)c2cc(O)c(O)c(O)c2)C(OC(=O)c2cc(O)c(O)c(O)c2)C(OC(=O)c2cc(O)c(OC(=O)c3cc(O)c(O)c(O)c3)c(O)c2)C1OC(=O)c1cc(O)c(O)c(O)c1)c1cc(O)c(O)c(O)c1. The van der Waals surface area contributed by atoms with Gasteiger partial charge in [0.1, 0.15) is 12.7 Å². The summed E-state index contributed by atoms with van der Waals surface area (Å²) in [5.74, 6) is -30.1. The third-order valence-electron chi connectivity index (χ3n) is 10.9. The number of carbonyl (C=O) groups excluding carboxylic acids is 6. The number of phenols is 17. The average molecular weight is 1090 g/mol. The maximum atomic E-state index is 14.4. The van der Waals surface area contributed by atoms with Gasteiger partial charge in [-0.1, -0.05) is 0 Å². The van der Waals surface area contributed by atoms with E-state index in [4.69, 9.17) is 33.2 Å². The first-order valence-corrected chi connectivity index (χ1v) is 21.3. The second-order valence-corrected chi connectivity index (χ2v) is 16.2. The number of carbonyl (C=O) groups is 6. The number of aromatic hydroxyl groups is 17. The molecule has 0 bridgehead atoms. The van der Waals surface area contributed by atoms with Crippen LogP contribution in [0.5, 0.6) is 103 Å². The molecule has 5 atom stereocenters. The topological polar surface area (TPSA) is 511 Å². The van der Waals surface area contributed by atoms with Gasteiger partial charge in [-0.15, -0.1) is 0 Å².